The summed E-state index contributed by atoms with van der Waals surface area (Å²) in [4.78, 5) is 26.0. The van der Waals surface area contributed by atoms with Gasteiger partial charge in [-0.1, -0.05) is 6.92 Å². The number of hydrogen-bond acceptors (Lipinski definition) is 4. The monoisotopic (exact) mass is 316 g/mol. The fraction of sp³-hybridized carbons (Fsp3) is 0.714. The number of halogens is 1. The zero-order valence-electron chi connectivity index (χ0n) is 12.9. The SMILES string of the molecule is CC1CCCN(Cc2cc(=O)n(C)c(=O)n2C)C1CN.Cl. The van der Waals surface area contributed by atoms with Crippen molar-refractivity contribution in [2.24, 2.45) is 25.7 Å². The largest absolute Gasteiger partial charge is 0.330 e. The molecule has 2 N–H and O–H groups in total. The minimum Gasteiger partial charge on any atom is -0.329 e. The first-order valence-corrected chi connectivity index (χ1v) is 7.15. The van der Waals surface area contributed by atoms with Crippen molar-refractivity contribution in [1.29, 1.82) is 0 Å². The lowest BCUT2D eigenvalue weighted by Crippen LogP contribution is -2.49. The predicted molar refractivity (Wildman–Crippen MR) is 85.8 cm³/mol. The molecule has 2 rings (SSSR count). The van der Waals surface area contributed by atoms with E-state index >= 15 is 0 Å². The van der Waals surface area contributed by atoms with Crippen molar-refractivity contribution in [3.05, 3.63) is 32.6 Å². The molecule has 0 saturated carbocycles. The second-order valence-corrected chi connectivity index (χ2v) is 5.77. The van der Waals surface area contributed by atoms with Crippen LogP contribution in [0.5, 0.6) is 0 Å². The van der Waals surface area contributed by atoms with Gasteiger partial charge < -0.3 is 5.73 Å². The summed E-state index contributed by atoms with van der Waals surface area (Å²) in [5, 5.41) is 0. The van der Waals surface area contributed by atoms with Crippen molar-refractivity contribution in [3.63, 3.8) is 0 Å². The Hall–Kier alpha value is -1.11. The molecular formula is C14H25ClN4O2. The van der Waals surface area contributed by atoms with E-state index < -0.39 is 0 Å². The first-order valence-electron chi connectivity index (χ1n) is 7.15. The molecule has 0 radical (unpaired) electrons. The maximum Gasteiger partial charge on any atom is 0.330 e. The van der Waals surface area contributed by atoms with E-state index in [0.717, 1.165) is 23.2 Å². The highest BCUT2D eigenvalue weighted by molar-refractivity contribution is 5.85. The molecule has 0 amide bonds. The van der Waals surface area contributed by atoms with Gasteiger partial charge >= 0.3 is 5.69 Å². The Morgan fingerprint density at radius 2 is 1.95 bits per heavy atom. The third kappa shape index (κ3) is 3.56. The van der Waals surface area contributed by atoms with Crippen LogP contribution in [0, 0.1) is 5.92 Å². The Bertz CT molecular complexity index is 596. The number of hydrogen-bond donors (Lipinski definition) is 1. The van der Waals surface area contributed by atoms with Crippen LogP contribution in [-0.2, 0) is 20.6 Å². The van der Waals surface area contributed by atoms with Crippen LogP contribution in [-0.4, -0.2) is 33.2 Å². The van der Waals surface area contributed by atoms with Gasteiger partial charge in [0.1, 0.15) is 0 Å². The summed E-state index contributed by atoms with van der Waals surface area (Å²) in [6.07, 6.45) is 2.32. The van der Waals surface area contributed by atoms with E-state index in [1.54, 1.807) is 17.7 Å². The highest BCUT2D eigenvalue weighted by atomic mass is 35.5. The molecule has 21 heavy (non-hydrogen) atoms. The Morgan fingerprint density at radius 3 is 2.57 bits per heavy atom. The zero-order valence-corrected chi connectivity index (χ0v) is 13.7. The normalized spacial score (nSPS) is 22.9. The van der Waals surface area contributed by atoms with Gasteiger partial charge in [-0.2, -0.15) is 0 Å². The number of likely N-dealkylation sites (tertiary alicyclic amines) is 1. The molecule has 6 nitrogen and oxygen atoms in total. The summed E-state index contributed by atoms with van der Waals surface area (Å²) in [6, 6.07) is 1.87. The van der Waals surface area contributed by atoms with Crippen LogP contribution in [0.25, 0.3) is 0 Å². The Kier molecular flexibility index (Phi) is 6.19. The minimum atomic E-state index is -0.276. The molecule has 0 bridgehead atoms. The standard InChI is InChI=1S/C14H24N4O2.ClH/c1-10-5-4-6-18(12(10)8-15)9-11-7-13(19)17(3)14(20)16(11)2;/h7,10,12H,4-6,8-9,15H2,1-3H3;1H. The van der Waals surface area contributed by atoms with Gasteiger partial charge in [0, 0.05) is 45.0 Å². The average molecular weight is 317 g/mol. The van der Waals surface area contributed by atoms with E-state index in [4.69, 9.17) is 5.73 Å². The number of piperidine rings is 1. The van der Waals surface area contributed by atoms with Crippen LogP contribution < -0.4 is 17.0 Å². The Morgan fingerprint density at radius 1 is 1.29 bits per heavy atom. The fourth-order valence-corrected chi connectivity index (χ4v) is 3.05. The molecule has 2 heterocycles. The smallest absolute Gasteiger partial charge is 0.329 e. The van der Waals surface area contributed by atoms with Crippen LogP contribution in [0.2, 0.25) is 0 Å². The molecule has 1 saturated heterocycles. The van der Waals surface area contributed by atoms with Crippen molar-refractivity contribution in [2.75, 3.05) is 13.1 Å². The van der Waals surface area contributed by atoms with E-state index in [2.05, 4.69) is 11.8 Å². The number of aromatic nitrogens is 2. The van der Waals surface area contributed by atoms with Gasteiger partial charge in [-0.3, -0.25) is 18.8 Å². The lowest BCUT2D eigenvalue weighted by Gasteiger charge is -2.39. The minimum absolute atomic E-state index is 0. The lowest BCUT2D eigenvalue weighted by atomic mass is 9.90. The second-order valence-electron chi connectivity index (χ2n) is 5.77. The molecule has 2 unspecified atom stereocenters. The average Bonchev–Trinajstić information content (AvgIpc) is 2.42. The van der Waals surface area contributed by atoms with E-state index in [1.807, 2.05) is 0 Å². The van der Waals surface area contributed by atoms with E-state index in [-0.39, 0.29) is 23.7 Å². The van der Waals surface area contributed by atoms with Crippen LogP contribution in [0.3, 0.4) is 0 Å². The molecule has 0 aliphatic carbocycles. The maximum atomic E-state index is 11.9. The van der Waals surface area contributed by atoms with Crippen molar-refractivity contribution >= 4 is 12.4 Å². The first kappa shape index (κ1) is 17.9. The third-order valence-corrected chi connectivity index (χ3v) is 4.46. The molecule has 120 valence electrons. The molecular weight excluding hydrogens is 292 g/mol. The number of nitrogens with two attached hydrogens (primary N) is 1. The highest BCUT2D eigenvalue weighted by Gasteiger charge is 2.27. The van der Waals surface area contributed by atoms with Crippen LogP contribution >= 0.6 is 12.4 Å². The number of nitrogens with zero attached hydrogens (tertiary/aromatic N) is 3. The van der Waals surface area contributed by atoms with Crippen LogP contribution in [0.15, 0.2) is 15.7 Å². The maximum absolute atomic E-state index is 11.9. The van der Waals surface area contributed by atoms with Crippen molar-refractivity contribution < 1.29 is 0 Å². The van der Waals surface area contributed by atoms with Crippen molar-refractivity contribution in [2.45, 2.75) is 32.4 Å². The zero-order chi connectivity index (χ0) is 14.9. The van der Waals surface area contributed by atoms with E-state index in [1.165, 1.54) is 13.5 Å². The third-order valence-electron chi connectivity index (χ3n) is 4.46. The fourth-order valence-electron chi connectivity index (χ4n) is 3.05. The summed E-state index contributed by atoms with van der Waals surface area (Å²) in [5.41, 5.74) is 6.11. The van der Waals surface area contributed by atoms with E-state index in [9.17, 15) is 9.59 Å². The van der Waals surface area contributed by atoms with Gasteiger partial charge in [0.25, 0.3) is 5.56 Å². The van der Waals surface area contributed by atoms with Gasteiger partial charge in [0.15, 0.2) is 0 Å². The second kappa shape index (κ2) is 7.24. The molecule has 1 aliphatic heterocycles. The predicted octanol–water partition coefficient (Wildman–Crippen LogP) is 0.0650. The van der Waals surface area contributed by atoms with E-state index in [0.29, 0.717) is 25.0 Å². The Labute approximate surface area is 131 Å². The molecule has 1 aromatic heterocycles. The molecule has 7 heteroatoms. The van der Waals surface area contributed by atoms with Crippen molar-refractivity contribution in [3.8, 4) is 0 Å². The summed E-state index contributed by atoms with van der Waals surface area (Å²) in [7, 11) is 3.21. The molecule has 0 aromatic carbocycles. The van der Waals surface area contributed by atoms with Crippen molar-refractivity contribution in [1.82, 2.24) is 14.0 Å². The summed E-state index contributed by atoms with van der Waals surface area (Å²) < 4.78 is 2.68. The van der Waals surface area contributed by atoms with Crippen LogP contribution in [0.4, 0.5) is 0 Å². The highest BCUT2D eigenvalue weighted by Crippen LogP contribution is 2.23. The van der Waals surface area contributed by atoms with Gasteiger partial charge in [0.2, 0.25) is 0 Å². The Balaban J connectivity index is 0.00000220. The summed E-state index contributed by atoms with van der Waals surface area (Å²) in [6.45, 7) is 4.40. The molecule has 0 spiro atoms. The summed E-state index contributed by atoms with van der Waals surface area (Å²) in [5.74, 6) is 0.553. The topological polar surface area (TPSA) is 73.3 Å². The van der Waals surface area contributed by atoms with Gasteiger partial charge in [-0.25, -0.2) is 4.79 Å². The molecule has 1 fully saturated rings. The van der Waals surface area contributed by atoms with Crippen LogP contribution in [0.1, 0.15) is 25.5 Å². The summed E-state index contributed by atoms with van der Waals surface area (Å²) >= 11 is 0. The number of rotatable bonds is 3. The van der Waals surface area contributed by atoms with Gasteiger partial charge in [-0.05, 0) is 25.3 Å². The quantitative estimate of drug-likeness (QED) is 0.856. The molecule has 1 aliphatic rings. The first-order chi connectivity index (χ1) is 9.45. The molecule has 1 aromatic rings. The van der Waals surface area contributed by atoms with Gasteiger partial charge in [-0.15, -0.1) is 12.4 Å². The van der Waals surface area contributed by atoms with Gasteiger partial charge in [0.05, 0.1) is 0 Å². The lowest BCUT2D eigenvalue weighted by molar-refractivity contribution is 0.0963. The molecule has 2 atom stereocenters.